The Balaban J connectivity index is 1.54. The molecular weight excluding hydrogens is 384 g/mol. The van der Waals surface area contributed by atoms with Gasteiger partial charge in [-0.1, -0.05) is 0 Å². The highest BCUT2D eigenvalue weighted by Gasteiger charge is 2.15. The molecule has 8 nitrogen and oxygen atoms in total. The molecule has 2 N–H and O–H groups in total. The fourth-order valence-electron chi connectivity index (χ4n) is 2.52. The predicted molar refractivity (Wildman–Crippen MR) is 99.1 cm³/mol. The van der Waals surface area contributed by atoms with Crippen LogP contribution in [0, 0.1) is 11.6 Å². The topological polar surface area (TPSA) is 102 Å². The number of nitrogens with zero attached hydrogens (tertiary/aromatic N) is 3. The molecule has 146 valence electrons. The van der Waals surface area contributed by atoms with Gasteiger partial charge in [0, 0.05) is 17.8 Å². The number of anilines is 1. The Kier molecular flexibility index (Phi) is 4.73. The largest absolute Gasteiger partial charge is 0.497 e. The highest BCUT2D eigenvalue weighted by molar-refractivity contribution is 6.07. The minimum atomic E-state index is -0.884. The van der Waals surface area contributed by atoms with Gasteiger partial charge in [-0.2, -0.15) is 10.1 Å². The van der Waals surface area contributed by atoms with Crippen LogP contribution in [0.25, 0.3) is 11.0 Å². The molecule has 4 aromatic rings. The average Bonchev–Trinajstić information content (AvgIpc) is 3.12. The summed E-state index contributed by atoms with van der Waals surface area (Å²) in [5.74, 6) is -1.36. The number of H-pyrrole nitrogens is 1. The van der Waals surface area contributed by atoms with E-state index in [1.807, 2.05) is 0 Å². The molecule has 0 radical (unpaired) electrons. The quantitative estimate of drug-likeness (QED) is 0.533. The van der Waals surface area contributed by atoms with Gasteiger partial charge in [0.25, 0.3) is 5.91 Å². The molecular formula is C19H13F2N5O3. The van der Waals surface area contributed by atoms with Gasteiger partial charge in [-0.05, 0) is 36.4 Å². The number of halogens is 2. The number of carbonyl (C=O) groups excluding carboxylic acids is 1. The summed E-state index contributed by atoms with van der Waals surface area (Å²) in [5.41, 5.74) is 0.678. The smallest absolute Gasteiger partial charge is 0.324 e. The summed E-state index contributed by atoms with van der Waals surface area (Å²) < 4.78 is 37.0. The summed E-state index contributed by atoms with van der Waals surface area (Å²) in [4.78, 5) is 20.4. The standard InChI is InChI=1S/C19H13F2N5O3/c1-28-12-5-2-10(3-6-12)18(27)23-16-13-9-22-19(24-17(13)26-25-16)29-15-7-4-11(20)8-14(15)21/h2-9H,1H3,(H2,22,23,24,25,26,27). The number of aromatic nitrogens is 4. The van der Waals surface area contributed by atoms with Crippen molar-refractivity contribution in [1.29, 1.82) is 0 Å². The summed E-state index contributed by atoms with van der Waals surface area (Å²) in [6.45, 7) is 0. The molecule has 10 heteroatoms. The molecule has 0 spiro atoms. The van der Waals surface area contributed by atoms with Crippen LogP contribution in [0.1, 0.15) is 10.4 Å². The van der Waals surface area contributed by atoms with E-state index in [1.54, 1.807) is 24.3 Å². The van der Waals surface area contributed by atoms with E-state index in [2.05, 4.69) is 25.5 Å². The number of hydrogen-bond acceptors (Lipinski definition) is 6. The van der Waals surface area contributed by atoms with Crippen molar-refractivity contribution in [3.63, 3.8) is 0 Å². The predicted octanol–water partition coefficient (Wildman–Crippen LogP) is 3.68. The SMILES string of the molecule is COc1ccc(C(=O)Nc2n[nH]c3nc(Oc4ccc(F)cc4F)ncc23)cc1. The molecule has 0 aliphatic heterocycles. The van der Waals surface area contributed by atoms with Crippen LogP contribution in [0.4, 0.5) is 14.6 Å². The molecule has 0 bridgehead atoms. The third kappa shape index (κ3) is 3.81. The second-order valence-corrected chi connectivity index (χ2v) is 5.85. The number of nitrogens with one attached hydrogen (secondary N) is 2. The second-order valence-electron chi connectivity index (χ2n) is 5.85. The lowest BCUT2D eigenvalue weighted by Gasteiger charge is -2.05. The number of hydrogen-bond donors (Lipinski definition) is 2. The monoisotopic (exact) mass is 397 g/mol. The normalized spacial score (nSPS) is 10.7. The van der Waals surface area contributed by atoms with Gasteiger partial charge in [-0.3, -0.25) is 9.89 Å². The molecule has 0 aliphatic rings. The van der Waals surface area contributed by atoms with E-state index in [0.29, 0.717) is 22.8 Å². The molecule has 2 aromatic carbocycles. The molecule has 0 saturated heterocycles. The summed E-state index contributed by atoms with van der Waals surface area (Å²) in [6, 6.07) is 9.27. The van der Waals surface area contributed by atoms with Crippen molar-refractivity contribution in [3.8, 4) is 17.5 Å². The summed E-state index contributed by atoms with van der Waals surface area (Å²) in [7, 11) is 1.54. The minimum absolute atomic E-state index is 0.167. The molecule has 0 saturated carbocycles. The second kappa shape index (κ2) is 7.50. The average molecular weight is 397 g/mol. The maximum atomic E-state index is 13.7. The van der Waals surface area contributed by atoms with Crippen LogP contribution in [-0.2, 0) is 0 Å². The molecule has 2 heterocycles. The van der Waals surface area contributed by atoms with E-state index >= 15 is 0 Å². The molecule has 0 aliphatic carbocycles. The van der Waals surface area contributed by atoms with Crippen LogP contribution in [0.15, 0.2) is 48.7 Å². The van der Waals surface area contributed by atoms with E-state index in [1.165, 1.54) is 13.3 Å². The number of ether oxygens (including phenoxy) is 2. The van der Waals surface area contributed by atoms with Crippen LogP contribution in [0.3, 0.4) is 0 Å². The van der Waals surface area contributed by atoms with Crippen molar-refractivity contribution in [3.05, 3.63) is 65.9 Å². The van der Waals surface area contributed by atoms with Gasteiger partial charge in [0.15, 0.2) is 23.0 Å². The Morgan fingerprint density at radius 2 is 1.93 bits per heavy atom. The van der Waals surface area contributed by atoms with Gasteiger partial charge in [0.2, 0.25) is 0 Å². The maximum absolute atomic E-state index is 13.7. The van der Waals surface area contributed by atoms with E-state index in [4.69, 9.17) is 9.47 Å². The number of carbonyl (C=O) groups is 1. The van der Waals surface area contributed by atoms with Crippen molar-refractivity contribution < 1.29 is 23.0 Å². The molecule has 1 amide bonds. The Morgan fingerprint density at radius 1 is 1.14 bits per heavy atom. The van der Waals surface area contributed by atoms with Crippen molar-refractivity contribution >= 4 is 22.8 Å². The Bertz CT molecular complexity index is 1190. The van der Waals surface area contributed by atoms with Gasteiger partial charge >= 0.3 is 6.01 Å². The first kappa shape index (κ1) is 18.3. The van der Waals surface area contributed by atoms with Crippen LogP contribution < -0.4 is 14.8 Å². The number of benzene rings is 2. The van der Waals surface area contributed by atoms with E-state index in [0.717, 1.165) is 12.1 Å². The number of amides is 1. The summed E-state index contributed by atoms with van der Waals surface area (Å²) >= 11 is 0. The first-order valence-corrected chi connectivity index (χ1v) is 8.33. The summed E-state index contributed by atoms with van der Waals surface area (Å²) in [5, 5.41) is 9.74. The van der Waals surface area contributed by atoms with Gasteiger partial charge in [0.05, 0.1) is 12.5 Å². The first-order valence-electron chi connectivity index (χ1n) is 8.33. The van der Waals surface area contributed by atoms with Crippen LogP contribution in [0.5, 0.6) is 17.5 Å². The highest BCUT2D eigenvalue weighted by atomic mass is 19.1. The zero-order valence-electron chi connectivity index (χ0n) is 14.9. The lowest BCUT2D eigenvalue weighted by molar-refractivity contribution is 0.102. The Hall–Kier alpha value is -4.08. The van der Waals surface area contributed by atoms with Crippen molar-refractivity contribution in [1.82, 2.24) is 20.2 Å². The van der Waals surface area contributed by atoms with Crippen LogP contribution in [0.2, 0.25) is 0 Å². The lowest BCUT2D eigenvalue weighted by atomic mass is 10.2. The number of aromatic amines is 1. The zero-order chi connectivity index (χ0) is 20.4. The van der Waals surface area contributed by atoms with Crippen molar-refractivity contribution in [2.75, 3.05) is 12.4 Å². The van der Waals surface area contributed by atoms with E-state index < -0.39 is 11.6 Å². The highest BCUT2D eigenvalue weighted by Crippen LogP contribution is 2.25. The van der Waals surface area contributed by atoms with Crippen LogP contribution >= 0.6 is 0 Å². The van der Waals surface area contributed by atoms with Gasteiger partial charge in [-0.25, -0.2) is 13.8 Å². The number of methoxy groups -OCH3 is 1. The van der Waals surface area contributed by atoms with E-state index in [9.17, 15) is 13.6 Å². The molecule has 0 atom stereocenters. The lowest BCUT2D eigenvalue weighted by Crippen LogP contribution is -2.12. The van der Waals surface area contributed by atoms with Gasteiger partial charge < -0.3 is 14.8 Å². The zero-order valence-corrected chi connectivity index (χ0v) is 14.9. The van der Waals surface area contributed by atoms with Gasteiger partial charge in [-0.15, -0.1) is 0 Å². The van der Waals surface area contributed by atoms with E-state index in [-0.39, 0.29) is 29.1 Å². The third-order valence-electron chi connectivity index (χ3n) is 3.97. The summed E-state index contributed by atoms with van der Waals surface area (Å²) in [6.07, 6.45) is 1.37. The fourth-order valence-corrected chi connectivity index (χ4v) is 2.52. The molecule has 0 fully saturated rings. The van der Waals surface area contributed by atoms with Crippen molar-refractivity contribution in [2.45, 2.75) is 0 Å². The molecule has 2 aromatic heterocycles. The van der Waals surface area contributed by atoms with Crippen LogP contribution in [-0.4, -0.2) is 33.2 Å². The fraction of sp³-hybridized carbons (Fsp3) is 0.0526. The minimum Gasteiger partial charge on any atom is -0.497 e. The molecule has 29 heavy (non-hydrogen) atoms. The molecule has 4 rings (SSSR count). The van der Waals surface area contributed by atoms with Crippen molar-refractivity contribution in [2.24, 2.45) is 0 Å². The third-order valence-corrected chi connectivity index (χ3v) is 3.97. The Labute approximate surface area is 162 Å². The number of fused-ring (bicyclic) bond motifs is 1. The van der Waals surface area contributed by atoms with Gasteiger partial charge in [0.1, 0.15) is 11.6 Å². The molecule has 0 unspecified atom stereocenters. The maximum Gasteiger partial charge on any atom is 0.324 e. The first-order chi connectivity index (χ1) is 14.0. The number of rotatable bonds is 5. The Morgan fingerprint density at radius 3 is 2.66 bits per heavy atom.